The Morgan fingerprint density at radius 1 is 1.02 bits per heavy atom. The van der Waals surface area contributed by atoms with Crippen molar-refractivity contribution in [3.8, 4) is 23.0 Å². The molecule has 0 bridgehead atoms. The van der Waals surface area contributed by atoms with Crippen molar-refractivity contribution in [3.05, 3.63) is 47.9 Å². The number of benzene rings is 2. The van der Waals surface area contributed by atoms with E-state index in [1.807, 2.05) is 24.3 Å². The Kier molecular flexibility index (Phi) is 8.94. The van der Waals surface area contributed by atoms with Gasteiger partial charge in [0.15, 0.2) is 12.6 Å². The van der Waals surface area contributed by atoms with Crippen LogP contribution in [0.1, 0.15) is 63.9 Å². The molecule has 5 heterocycles. The highest BCUT2D eigenvalue weighted by Crippen LogP contribution is 2.43. The fourth-order valence-corrected chi connectivity index (χ4v) is 7.97. The van der Waals surface area contributed by atoms with E-state index < -0.39 is 5.82 Å². The summed E-state index contributed by atoms with van der Waals surface area (Å²) in [7, 11) is 1.57. The van der Waals surface area contributed by atoms with Gasteiger partial charge in [-0.15, -0.1) is 0 Å². The van der Waals surface area contributed by atoms with E-state index >= 15 is 4.39 Å². The summed E-state index contributed by atoms with van der Waals surface area (Å²) >= 11 is 0. The Labute approximate surface area is 269 Å². The van der Waals surface area contributed by atoms with Crippen LogP contribution in [0.15, 0.2) is 36.5 Å². The van der Waals surface area contributed by atoms with E-state index in [-0.39, 0.29) is 42.2 Å². The standard InChI is InChI=1S/C36H44FN5O4/c1-3-24-10-8-11-25-18-27(46-23-44-2)19-28(30(24)25)32-31(37)33-29(20-38-32)34(41-15-6-4-5-7-16-41)40-35(39-33)45-22-36-13-9-17-42(36)26(21-43)12-14-36/h8,10-11,18-20,26,43H,3-7,9,12-17,21-23H2,1-2H3/t26-,36-/m1/s1. The van der Waals surface area contributed by atoms with Crippen molar-refractivity contribution >= 4 is 27.5 Å². The van der Waals surface area contributed by atoms with Crippen LogP contribution in [0.2, 0.25) is 0 Å². The number of rotatable bonds is 10. The molecule has 3 saturated heterocycles. The Hall–Kier alpha value is -3.60. The summed E-state index contributed by atoms with van der Waals surface area (Å²) < 4.78 is 34.5. The van der Waals surface area contributed by atoms with E-state index in [0.717, 1.165) is 80.9 Å². The Morgan fingerprint density at radius 3 is 2.65 bits per heavy atom. The van der Waals surface area contributed by atoms with Crippen LogP contribution >= 0.6 is 0 Å². The van der Waals surface area contributed by atoms with Gasteiger partial charge >= 0.3 is 6.01 Å². The lowest BCUT2D eigenvalue weighted by molar-refractivity contribution is 0.0512. The molecule has 0 radical (unpaired) electrons. The maximum absolute atomic E-state index is 17.0. The molecule has 0 aliphatic carbocycles. The van der Waals surface area contributed by atoms with Crippen LogP contribution in [0.3, 0.4) is 0 Å². The van der Waals surface area contributed by atoms with Crippen molar-refractivity contribution < 1.29 is 23.7 Å². The molecule has 2 aromatic heterocycles. The summed E-state index contributed by atoms with van der Waals surface area (Å²) in [6.07, 6.45) is 10.9. The first-order chi connectivity index (χ1) is 22.5. The molecule has 3 fully saturated rings. The predicted octanol–water partition coefficient (Wildman–Crippen LogP) is 6.28. The predicted molar refractivity (Wildman–Crippen MR) is 177 cm³/mol. The molecule has 3 aliphatic rings. The third kappa shape index (κ3) is 5.65. The number of pyridine rings is 1. The minimum absolute atomic E-state index is 0.0805. The number of aryl methyl sites for hydroxylation is 1. The number of anilines is 1. The second-order valence-corrected chi connectivity index (χ2v) is 13.0. The van der Waals surface area contributed by atoms with E-state index in [1.54, 1.807) is 13.3 Å². The van der Waals surface area contributed by atoms with Crippen molar-refractivity contribution in [2.75, 3.05) is 51.7 Å². The monoisotopic (exact) mass is 629 g/mol. The third-order valence-electron chi connectivity index (χ3n) is 10.3. The van der Waals surface area contributed by atoms with E-state index in [4.69, 9.17) is 29.2 Å². The Balaban J connectivity index is 1.35. The molecule has 10 heteroatoms. The molecule has 9 nitrogen and oxygen atoms in total. The van der Waals surface area contributed by atoms with Crippen LogP contribution < -0.4 is 14.4 Å². The van der Waals surface area contributed by atoms with Gasteiger partial charge in [0, 0.05) is 38.0 Å². The number of hydrogen-bond donors (Lipinski definition) is 1. The number of aliphatic hydroxyl groups excluding tert-OH is 1. The summed E-state index contributed by atoms with van der Waals surface area (Å²) in [4.78, 5) is 19.1. The number of hydrogen-bond acceptors (Lipinski definition) is 9. The number of halogens is 1. The highest BCUT2D eigenvalue weighted by atomic mass is 19.1. The van der Waals surface area contributed by atoms with Crippen LogP contribution in [0.4, 0.5) is 10.2 Å². The number of methoxy groups -OCH3 is 1. The van der Waals surface area contributed by atoms with Crippen molar-refractivity contribution in [2.45, 2.75) is 76.3 Å². The smallest absolute Gasteiger partial charge is 0.319 e. The fraction of sp³-hybridized carbons (Fsp3) is 0.528. The first-order valence-electron chi connectivity index (χ1n) is 16.8. The van der Waals surface area contributed by atoms with Crippen LogP contribution in [-0.2, 0) is 11.2 Å². The lowest BCUT2D eigenvalue weighted by Crippen LogP contribution is -2.47. The molecule has 1 N–H and O–H groups in total. The fourth-order valence-electron chi connectivity index (χ4n) is 7.97. The normalized spacial score (nSPS) is 22.0. The van der Waals surface area contributed by atoms with E-state index in [9.17, 15) is 5.11 Å². The topological polar surface area (TPSA) is 93.1 Å². The van der Waals surface area contributed by atoms with Crippen molar-refractivity contribution in [1.82, 2.24) is 19.9 Å². The zero-order valence-corrected chi connectivity index (χ0v) is 26.9. The van der Waals surface area contributed by atoms with Gasteiger partial charge in [0.1, 0.15) is 29.4 Å². The van der Waals surface area contributed by atoms with Gasteiger partial charge in [-0.05, 0) is 80.0 Å². The number of ether oxygens (including phenoxy) is 3. The first kappa shape index (κ1) is 31.0. The van der Waals surface area contributed by atoms with E-state index in [0.29, 0.717) is 29.1 Å². The maximum atomic E-state index is 17.0. The summed E-state index contributed by atoms with van der Waals surface area (Å²) in [5.74, 6) is 0.754. The number of nitrogens with zero attached hydrogens (tertiary/aromatic N) is 5. The zero-order chi connectivity index (χ0) is 31.7. The molecule has 0 spiro atoms. The summed E-state index contributed by atoms with van der Waals surface area (Å²) in [6.45, 7) is 5.38. The number of aromatic nitrogens is 3. The summed E-state index contributed by atoms with van der Waals surface area (Å²) in [5, 5.41) is 12.4. The van der Waals surface area contributed by atoms with Gasteiger partial charge in [0.2, 0.25) is 0 Å². The molecule has 2 aromatic carbocycles. The minimum Gasteiger partial charge on any atom is -0.468 e. The highest BCUT2D eigenvalue weighted by Gasteiger charge is 2.49. The molecule has 0 amide bonds. The van der Waals surface area contributed by atoms with Gasteiger partial charge in [-0.25, -0.2) is 4.39 Å². The largest absolute Gasteiger partial charge is 0.468 e. The molecule has 0 unspecified atom stereocenters. The van der Waals surface area contributed by atoms with Crippen LogP contribution in [0.5, 0.6) is 11.8 Å². The average Bonchev–Trinajstić information content (AvgIpc) is 3.53. The summed E-state index contributed by atoms with van der Waals surface area (Å²) in [5.41, 5.74) is 2.03. The molecule has 3 aliphatic heterocycles. The molecule has 4 aromatic rings. The molecule has 7 rings (SSSR count). The van der Waals surface area contributed by atoms with Crippen LogP contribution in [-0.4, -0.2) is 83.3 Å². The average molecular weight is 630 g/mol. The third-order valence-corrected chi connectivity index (χ3v) is 10.3. The van der Waals surface area contributed by atoms with Gasteiger partial charge < -0.3 is 24.2 Å². The molecule has 244 valence electrons. The second-order valence-electron chi connectivity index (χ2n) is 13.0. The highest BCUT2D eigenvalue weighted by molar-refractivity contribution is 6.01. The van der Waals surface area contributed by atoms with Crippen molar-refractivity contribution in [2.24, 2.45) is 0 Å². The van der Waals surface area contributed by atoms with Gasteiger partial charge in [0.05, 0.1) is 17.5 Å². The second kappa shape index (κ2) is 13.3. The minimum atomic E-state index is -0.501. The number of aliphatic hydroxyl groups is 1. The summed E-state index contributed by atoms with van der Waals surface area (Å²) in [6, 6.07) is 10.2. The van der Waals surface area contributed by atoms with Crippen molar-refractivity contribution in [3.63, 3.8) is 0 Å². The van der Waals surface area contributed by atoms with Gasteiger partial charge in [0.25, 0.3) is 0 Å². The zero-order valence-electron chi connectivity index (χ0n) is 26.9. The first-order valence-corrected chi connectivity index (χ1v) is 16.8. The van der Waals surface area contributed by atoms with Gasteiger partial charge in [-0.1, -0.05) is 38.0 Å². The Morgan fingerprint density at radius 2 is 1.87 bits per heavy atom. The SMILES string of the molecule is CCc1cccc2cc(OCOC)cc(-c3ncc4c(N5CCCCCC5)nc(OC[C@]56CCCN5[C@@H](CO)CC6)nc4c3F)c12. The molecular weight excluding hydrogens is 585 g/mol. The van der Waals surface area contributed by atoms with Crippen LogP contribution in [0, 0.1) is 5.82 Å². The van der Waals surface area contributed by atoms with Crippen molar-refractivity contribution in [1.29, 1.82) is 0 Å². The number of fused-ring (bicyclic) bond motifs is 3. The quantitative estimate of drug-likeness (QED) is 0.204. The van der Waals surface area contributed by atoms with E-state index in [1.165, 1.54) is 12.8 Å². The molecule has 46 heavy (non-hydrogen) atoms. The Bertz CT molecular complexity index is 1710. The van der Waals surface area contributed by atoms with Gasteiger partial charge in [-0.2, -0.15) is 9.97 Å². The van der Waals surface area contributed by atoms with Gasteiger partial charge in [-0.3, -0.25) is 9.88 Å². The lowest BCUT2D eigenvalue weighted by Gasteiger charge is -2.34. The van der Waals surface area contributed by atoms with Crippen LogP contribution in [0.25, 0.3) is 32.9 Å². The molecule has 2 atom stereocenters. The maximum Gasteiger partial charge on any atom is 0.319 e. The molecule has 0 saturated carbocycles. The van der Waals surface area contributed by atoms with E-state index in [2.05, 4.69) is 22.8 Å². The molecular formula is C36H44FN5O4. The lowest BCUT2D eigenvalue weighted by atomic mass is 9.95.